The van der Waals surface area contributed by atoms with Crippen LogP contribution in [0.15, 0.2) is 71.3 Å². The average Bonchev–Trinajstić information content (AvgIpc) is 3.42. The molecule has 1 aliphatic rings. The molecule has 3 aromatic carbocycles. The largest absolute Gasteiger partial charge is 0.447 e. The molecule has 0 spiro atoms. The standard InChI is InChI=1S/C21H13N3O3/c1-2-4-19-18(3-1)26-21(27-19)13-7-8-17-16(10-13)23-20(25-17)12-5-6-14-11-22-24-15(14)9-12/h1-11,21H,(H,22,24). The first kappa shape index (κ1) is 14.4. The minimum atomic E-state index is -0.478. The Balaban J connectivity index is 1.37. The van der Waals surface area contributed by atoms with Gasteiger partial charge in [-0.25, -0.2) is 4.98 Å². The highest BCUT2D eigenvalue weighted by atomic mass is 16.7. The molecule has 130 valence electrons. The zero-order chi connectivity index (χ0) is 17.8. The second kappa shape index (κ2) is 5.35. The van der Waals surface area contributed by atoms with Crippen LogP contribution in [0.5, 0.6) is 11.5 Å². The first-order valence-electron chi connectivity index (χ1n) is 8.60. The molecule has 0 atom stereocenters. The number of benzene rings is 3. The molecular weight excluding hydrogens is 342 g/mol. The van der Waals surface area contributed by atoms with Crippen LogP contribution in [0, 0.1) is 0 Å². The van der Waals surface area contributed by atoms with Gasteiger partial charge in [-0.3, -0.25) is 5.10 Å². The van der Waals surface area contributed by atoms with Crippen molar-refractivity contribution in [1.82, 2.24) is 15.2 Å². The number of hydrogen-bond acceptors (Lipinski definition) is 5. The van der Waals surface area contributed by atoms with Gasteiger partial charge in [0.2, 0.25) is 5.89 Å². The molecule has 0 saturated carbocycles. The second-order valence-corrected chi connectivity index (χ2v) is 6.43. The Morgan fingerprint density at radius 2 is 1.74 bits per heavy atom. The van der Waals surface area contributed by atoms with Crippen LogP contribution in [0.3, 0.4) is 0 Å². The number of aromatic nitrogens is 3. The average molecular weight is 355 g/mol. The van der Waals surface area contributed by atoms with E-state index >= 15 is 0 Å². The van der Waals surface area contributed by atoms with Gasteiger partial charge in [-0.05, 0) is 42.5 Å². The summed E-state index contributed by atoms with van der Waals surface area (Å²) in [6.07, 6.45) is 1.31. The molecule has 27 heavy (non-hydrogen) atoms. The van der Waals surface area contributed by atoms with Gasteiger partial charge in [0.25, 0.3) is 6.29 Å². The number of ether oxygens (including phenoxy) is 2. The lowest BCUT2D eigenvalue weighted by atomic mass is 10.1. The smallest absolute Gasteiger partial charge is 0.268 e. The van der Waals surface area contributed by atoms with E-state index in [9.17, 15) is 0 Å². The number of oxazole rings is 1. The second-order valence-electron chi connectivity index (χ2n) is 6.43. The minimum Gasteiger partial charge on any atom is -0.447 e. The van der Waals surface area contributed by atoms with Crippen LogP contribution < -0.4 is 9.47 Å². The lowest BCUT2D eigenvalue weighted by Gasteiger charge is -2.09. The van der Waals surface area contributed by atoms with Crippen molar-refractivity contribution < 1.29 is 13.9 Å². The molecule has 6 nitrogen and oxygen atoms in total. The van der Waals surface area contributed by atoms with Crippen LogP contribution in [0.2, 0.25) is 0 Å². The van der Waals surface area contributed by atoms with Gasteiger partial charge >= 0.3 is 0 Å². The SMILES string of the molecule is c1ccc2c(c1)OC(c1ccc3oc(-c4ccc5cn[nH]c5c4)nc3c1)O2. The third-order valence-electron chi connectivity index (χ3n) is 4.69. The predicted octanol–water partition coefficient (Wildman–Crippen LogP) is 4.84. The molecule has 6 heteroatoms. The molecule has 3 heterocycles. The van der Waals surface area contributed by atoms with Crippen molar-refractivity contribution in [2.24, 2.45) is 0 Å². The maximum absolute atomic E-state index is 5.93. The summed E-state index contributed by atoms with van der Waals surface area (Å²) in [4.78, 5) is 4.64. The van der Waals surface area contributed by atoms with Gasteiger partial charge in [-0.15, -0.1) is 0 Å². The monoisotopic (exact) mass is 355 g/mol. The third-order valence-corrected chi connectivity index (χ3v) is 4.69. The Hall–Kier alpha value is -3.80. The molecule has 0 aliphatic carbocycles. The van der Waals surface area contributed by atoms with E-state index in [-0.39, 0.29) is 0 Å². The summed E-state index contributed by atoms with van der Waals surface area (Å²) in [7, 11) is 0. The van der Waals surface area contributed by atoms with Crippen molar-refractivity contribution in [3.8, 4) is 23.0 Å². The van der Waals surface area contributed by atoms with Gasteiger partial charge in [-0.1, -0.05) is 18.2 Å². The molecule has 2 aromatic heterocycles. The Bertz CT molecular complexity index is 1280. The highest BCUT2D eigenvalue weighted by Crippen LogP contribution is 2.40. The fourth-order valence-electron chi connectivity index (χ4n) is 3.32. The van der Waals surface area contributed by atoms with Gasteiger partial charge in [0.1, 0.15) is 5.52 Å². The number of H-pyrrole nitrogens is 1. The summed E-state index contributed by atoms with van der Waals surface area (Å²) >= 11 is 0. The minimum absolute atomic E-state index is 0.478. The van der Waals surface area contributed by atoms with Gasteiger partial charge < -0.3 is 13.9 Å². The lowest BCUT2D eigenvalue weighted by Crippen LogP contribution is -2.07. The van der Waals surface area contributed by atoms with Crippen LogP contribution in [-0.4, -0.2) is 15.2 Å². The normalized spacial score (nSPS) is 13.6. The summed E-state index contributed by atoms with van der Waals surface area (Å²) < 4.78 is 17.7. The Kier molecular flexibility index (Phi) is 2.85. The molecule has 6 rings (SSSR count). The fourth-order valence-corrected chi connectivity index (χ4v) is 3.32. The first-order chi connectivity index (χ1) is 13.3. The van der Waals surface area contributed by atoms with E-state index < -0.39 is 6.29 Å². The molecular formula is C21H13N3O3. The van der Waals surface area contributed by atoms with E-state index in [4.69, 9.17) is 13.9 Å². The van der Waals surface area contributed by atoms with Crippen molar-refractivity contribution in [1.29, 1.82) is 0 Å². The van der Waals surface area contributed by atoms with E-state index in [1.807, 2.05) is 60.7 Å². The topological polar surface area (TPSA) is 73.2 Å². The van der Waals surface area contributed by atoms with Crippen molar-refractivity contribution in [2.45, 2.75) is 6.29 Å². The van der Waals surface area contributed by atoms with Crippen molar-refractivity contribution in [3.63, 3.8) is 0 Å². The molecule has 0 unspecified atom stereocenters. The van der Waals surface area contributed by atoms with Crippen LogP contribution >= 0.6 is 0 Å². The van der Waals surface area contributed by atoms with Crippen LogP contribution in [0.1, 0.15) is 11.9 Å². The van der Waals surface area contributed by atoms with Crippen molar-refractivity contribution in [2.75, 3.05) is 0 Å². The van der Waals surface area contributed by atoms with Crippen molar-refractivity contribution in [3.05, 3.63) is 72.4 Å². The van der Waals surface area contributed by atoms with E-state index in [1.54, 1.807) is 6.20 Å². The highest BCUT2D eigenvalue weighted by Gasteiger charge is 2.26. The molecule has 0 fully saturated rings. The quantitative estimate of drug-likeness (QED) is 0.490. The first-order valence-corrected chi connectivity index (χ1v) is 8.60. The van der Waals surface area contributed by atoms with E-state index in [0.29, 0.717) is 11.5 Å². The van der Waals surface area contributed by atoms with E-state index in [0.717, 1.165) is 39.0 Å². The van der Waals surface area contributed by atoms with Crippen molar-refractivity contribution >= 4 is 22.0 Å². The van der Waals surface area contributed by atoms with Crippen LogP contribution in [0.4, 0.5) is 0 Å². The van der Waals surface area contributed by atoms with Gasteiger partial charge in [0.05, 0.1) is 11.7 Å². The number of rotatable bonds is 2. The Morgan fingerprint density at radius 1 is 0.889 bits per heavy atom. The zero-order valence-corrected chi connectivity index (χ0v) is 14.0. The number of nitrogens with zero attached hydrogens (tertiary/aromatic N) is 2. The van der Waals surface area contributed by atoms with Crippen LogP contribution in [0.25, 0.3) is 33.5 Å². The number of aromatic amines is 1. The van der Waals surface area contributed by atoms with Gasteiger partial charge in [0, 0.05) is 16.5 Å². The lowest BCUT2D eigenvalue weighted by molar-refractivity contribution is 0.0488. The summed E-state index contributed by atoms with van der Waals surface area (Å²) in [5.74, 6) is 2.06. The predicted molar refractivity (Wildman–Crippen MR) is 99.5 cm³/mol. The maximum Gasteiger partial charge on any atom is 0.268 e. The molecule has 1 aliphatic heterocycles. The number of para-hydroxylation sites is 2. The summed E-state index contributed by atoms with van der Waals surface area (Å²) in [5, 5.41) is 8.06. The Morgan fingerprint density at radius 3 is 2.59 bits per heavy atom. The van der Waals surface area contributed by atoms with Crippen LogP contribution in [-0.2, 0) is 0 Å². The van der Waals surface area contributed by atoms with E-state index in [2.05, 4.69) is 15.2 Å². The third kappa shape index (κ3) is 2.27. The molecule has 1 N–H and O–H groups in total. The van der Waals surface area contributed by atoms with Gasteiger partial charge in [0.15, 0.2) is 17.1 Å². The number of nitrogens with one attached hydrogen (secondary N) is 1. The maximum atomic E-state index is 5.93. The number of hydrogen-bond donors (Lipinski definition) is 1. The number of fused-ring (bicyclic) bond motifs is 3. The molecule has 0 radical (unpaired) electrons. The molecule has 0 bridgehead atoms. The summed E-state index contributed by atoms with van der Waals surface area (Å²) in [5.41, 5.74) is 4.21. The highest BCUT2D eigenvalue weighted by molar-refractivity contribution is 5.84. The summed E-state index contributed by atoms with van der Waals surface area (Å²) in [6.45, 7) is 0. The fraction of sp³-hybridized carbons (Fsp3) is 0.0476. The Labute approximate surface area is 153 Å². The van der Waals surface area contributed by atoms with E-state index in [1.165, 1.54) is 0 Å². The zero-order valence-electron chi connectivity index (χ0n) is 14.0. The van der Waals surface area contributed by atoms with Gasteiger partial charge in [-0.2, -0.15) is 5.10 Å². The molecule has 5 aromatic rings. The molecule has 0 saturated heterocycles. The molecule has 0 amide bonds. The summed E-state index contributed by atoms with van der Waals surface area (Å²) in [6, 6.07) is 19.4.